The topological polar surface area (TPSA) is 53.6 Å². The summed E-state index contributed by atoms with van der Waals surface area (Å²) in [7, 11) is 0. The Balaban J connectivity index is 1.83. The van der Waals surface area contributed by atoms with E-state index < -0.39 is 0 Å². The molecule has 4 nitrogen and oxygen atoms in total. The normalized spacial score (nSPS) is 10.7. The second-order valence-electron chi connectivity index (χ2n) is 3.91. The lowest BCUT2D eigenvalue weighted by Crippen LogP contribution is -1.99. The van der Waals surface area contributed by atoms with Crippen LogP contribution in [0.25, 0.3) is 11.0 Å². The van der Waals surface area contributed by atoms with Gasteiger partial charge in [0, 0.05) is 30.5 Å². The fraction of sp³-hybridized carbons (Fsp3) is 0.0769. The zero-order valence-electron chi connectivity index (χ0n) is 9.52. The number of hydrogen-bond donors (Lipinski definition) is 2. The lowest BCUT2D eigenvalue weighted by atomic mass is 10.2. The molecule has 0 aliphatic carbocycles. The molecule has 0 aromatic carbocycles. The van der Waals surface area contributed by atoms with E-state index in [4.69, 9.17) is 0 Å². The van der Waals surface area contributed by atoms with Crippen LogP contribution in [0.2, 0.25) is 0 Å². The lowest BCUT2D eigenvalue weighted by molar-refractivity contribution is 1.14. The monoisotopic (exact) mass is 302 g/mol. The summed E-state index contributed by atoms with van der Waals surface area (Å²) < 4.78 is 0.822. The van der Waals surface area contributed by atoms with E-state index >= 15 is 0 Å². The quantitative estimate of drug-likeness (QED) is 0.730. The number of halogens is 1. The zero-order chi connectivity index (χ0) is 12.4. The third-order valence-electron chi connectivity index (χ3n) is 2.77. The first-order valence-corrected chi connectivity index (χ1v) is 6.39. The first kappa shape index (κ1) is 11.2. The molecule has 0 aliphatic heterocycles. The molecule has 0 fully saturated rings. The van der Waals surface area contributed by atoms with Crippen LogP contribution in [0.15, 0.2) is 47.5 Å². The third kappa shape index (κ3) is 2.09. The molecule has 0 radical (unpaired) electrons. The van der Waals surface area contributed by atoms with Crippen LogP contribution in [-0.2, 0) is 6.54 Å². The van der Waals surface area contributed by atoms with Crippen LogP contribution in [0, 0.1) is 0 Å². The van der Waals surface area contributed by atoms with Crippen LogP contribution in [0.4, 0.5) is 5.69 Å². The van der Waals surface area contributed by atoms with Gasteiger partial charge in [-0.05, 0) is 45.8 Å². The van der Waals surface area contributed by atoms with Crippen molar-refractivity contribution in [2.45, 2.75) is 6.54 Å². The standard InChI is InChI=1S/C13H11BrN4/c14-12-11(4-2-5-15-12)17-7-9-8-18-13-10(9)3-1-6-16-13/h1-6,8,17H,7H2,(H,16,18). The maximum absolute atomic E-state index is 4.27. The summed E-state index contributed by atoms with van der Waals surface area (Å²) in [5.41, 5.74) is 3.09. The molecule has 0 amide bonds. The number of aromatic nitrogens is 3. The Morgan fingerprint density at radius 3 is 2.89 bits per heavy atom. The van der Waals surface area contributed by atoms with E-state index in [1.807, 2.05) is 24.4 Å². The Morgan fingerprint density at radius 1 is 1.17 bits per heavy atom. The molecule has 2 N–H and O–H groups in total. The summed E-state index contributed by atoms with van der Waals surface area (Å²) in [6.07, 6.45) is 5.52. The lowest BCUT2D eigenvalue weighted by Gasteiger charge is -2.06. The van der Waals surface area contributed by atoms with Gasteiger partial charge < -0.3 is 10.3 Å². The van der Waals surface area contributed by atoms with Gasteiger partial charge in [0.2, 0.25) is 0 Å². The number of H-pyrrole nitrogens is 1. The van der Waals surface area contributed by atoms with Crippen molar-refractivity contribution < 1.29 is 0 Å². The summed E-state index contributed by atoms with van der Waals surface area (Å²) in [5.74, 6) is 0. The highest BCUT2D eigenvalue weighted by atomic mass is 79.9. The zero-order valence-corrected chi connectivity index (χ0v) is 11.1. The summed E-state index contributed by atoms with van der Waals surface area (Å²) in [4.78, 5) is 11.6. The largest absolute Gasteiger partial charge is 0.379 e. The minimum absolute atomic E-state index is 0.732. The molecule has 0 unspecified atom stereocenters. The number of nitrogens with one attached hydrogen (secondary N) is 2. The predicted molar refractivity (Wildman–Crippen MR) is 75.4 cm³/mol. The fourth-order valence-electron chi connectivity index (χ4n) is 1.87. The maximum Gasteiger partial charge on any atom is 0.137 e. The van der Waals surface area contributed by atoms with E-state index in [-0.39, 0.29) is 0 Å². The molecule has 90 valence electrons. The van der Waals surface area contributed by atoms with Crippen molar-refractivity contribution in [1.29, 1.82) is 0 Å². The van der Waals surface area contributed by atoms with E-state index in [1.54, 1.807) is 12.4 Å². The SMILES string of the molecule is Brc1ncccc1NCc1c[nH]c2ncccc12. The van der Waals surface area contributed by atoms with Gasteiger partial charge in [0.15, 0.2) is 0 Å². The highest BCUT2D eigenvalue weighted by Crippen LogP contribution is 2.21. The van der Waals surface area contributed by atoms with Crippen molar-refractivity contribution in [1.82, 2.24) is 15.0 Å². The molecule has 0 bridgehead atoms. The first-order valence-electron chi connectivity index (χ1n) is 5.60. The Hall–Kier alpha value is -1.88. The number of rotatable bonds is 3. The van der Waals surface area contributed by atoms with E-state index in [9.17, 15) is 0 Å². The van der Waals surface area contributed by atoms with Crippen LogP contribution >= 0.6 is 15.9 Å². The summed E-state index contributed by atoms with van der Waals surface area (Å²) in [5, 5.41) is 4.49. The average Bonchev–Trinajstić information content (AvgIpc) is 2.81. The molecule has 5 heteroatoms. The third-order valence-corrected chi connectivity index (χ3v) is 3.40. The molecule has 0 aliphatic rings. The summed E-state index contributed by atoms with van der Waals surface area (Å²) in [6, 6.07) is 7.90. The van der Waals surface area contributed by atoms with Gasteiger partial charge >= 0.3 is 0 Å². The van der Waals surface area contributed by atoms with E-state index in [0.29, 0.717) is 0 Å². The summed E-state index contributed by atoms with van der Waals surface area (Å²) in [6.45, 7) is 0.732. The molecular formula is C13H11BrN4. The van der Waals surface area contributed by atoms with Crippen LogP contribution in [0.1, 0.15) is 5.56 Å². The molecule has 0 atom stereocenters. The molecule has 3 rings (SSSR count). The van der Waals surface area contributed by atoms with Crippen molar-refractivity contribution in [2.75, 3.05) is 5.32 Å². The smallest absolute Gasteiger partial charge is 0.137 e. The van der Waals surface area contributed by atoms with Crippen LogP contribution in [0.5, 0.6) is 0 Å². The highest BCUT2D eigenvalue weighted by molar-refractivity contribution is 9.10. The van der Waals surface area contributed by atoms with Crippen LogP contribution in [0.3, 0.4) is 0 Å². The first-order chi connectivity index (χ1) is 8.84. The van der Waals surface area contributed by atoms with E-state index in [1.165, 1.54) is 5.56 Å². The van der Waals surface area contributed by atoms with Gasteiger partial charge in [-0.15, -0.1) is 0 Å². The number of nitrogens with zero attached hydrogens (tertiary/aromatic N) is 2. The molecule has 18 heavy (non-hydrogen) atoms. The van der Waals surface area contributed by atoms with Gasteiger partial charge in [-0.25, -0.2) is 9.97 Å². The second kappa shape index (κ2) is 4.78. The second-order valence-corrected chi connectivity index (χ2v) is 4.66. The molecule has 3 aromatic rings. The van der Waals surface area contributed by atoms with E-state index in [2.05, 4.69) is 42.3 Å². The van der Waals surface area contributed by atoms with Crippen molar-refractivity contribution in [3.05, 3.63) is 53.0 Å². The fourth-order valence-corrected chi connectivity index (χ4v) is 2.26. The number of pyridine rings is 2. The number of fused-ring (bicyclic) bond motifs is 1. The van der Waals surface area contributed by atoms with Crippen molar-refractivity contribution in [2.24, 2.45) is 0 Å². The van der Waals surface area contributed by atoms with Gasteiger partial charge in [0.05, 0.1) is 5.69 Å². The van der Waals surface area contributed by atoms with Gasteiger partial charge in [-0.1, -0.05) is 0 Å². The van der Waals surface area contributed by atoms with Crippen LogP contribution < -0.4 is 5.32 Å². The minimum atomic E-state index is 0.732. The van der Waals surface area contributed by atoms with Crippen molar-refractivity contribution >= 4 is 32.7 Å². The minimum Gasteiger partial charge on any atom is -0.379 e. The van der Waals surface area contributed by atoms with Gasteiger partial charge in [0.25, 0.3) is 0 Å². The van der Waals surface area contributed by atoms with Crippen molar-refractivity contribution in [3.63, 3.8) is 0 Å². The Labute approximate surface area is 113 Å². The molecule has 0 saturated heterocycles. The number of hydrogen-bond acceptors (Lipinski definition) is 3. The highest BCUT2D eigenvalue weighted by Gasteiger charge is 2.04. The van der Waals surface area contributed by atoms with Gasteiger partial charge in [-0.2, -0.15) is 0 Å². The van der Waals surface area contributed by atoms with Crippen LogP contribution in [-0.4, -0.2) is 15.0 Å². The van der Waals surface area contributed by atoms with Crippen molar-refractivity contribution in [3.8, 4) is 0 Å². The number of anilines is 1. The number of aromatic amines is 1. The Kier molecular flexibility index (Phi) is 2.98. The maximum atomic E-state index is 4.27. The van der Waals surface area contributed by atoms with Gasteiger partial charge in [-0.3, -0.25) is 0 Å². The molecule has 3 aromatic heterocycles. The average molecular weight is 303 g/mol. The Morgan fingerprint density at radius 2 is 2.00 bits per heavy atom. The predicted octanol–water partition coefficient (Wildman–Crippen LogP) is 3.33. The molecule has 3 heterocycles. The summed E-state index contributed by atoms with van der Waals surface area (Å²) >= 11 is 3.42. The Bertz CT molecular complexity index is 677. The molecule has 0 spiro atoms. The van der Waals surface area contributed by atoms with Gasteiger partial charge in [0.1, 0.15) is 10.3 Å². The molecular weight excluding hydrogens is 292 g/mol. The molecule has 0 saturated carbocycles. The van der Waals surface area contributed by atoms with E-state index in [0.717, 1.165) is 27.9 Å².